The molecule has 0 bridgehead atoms. The minimum atomic E-state index is -0.375. The summed E-state index contributed by atoms with van der Waals surface area (Å²) in [7, 11) is 0. The van der Waals surface area contributed by atoms with Crippen LogP contribution in [-0.4, -0.2) is 9.97 Å². The fourth-order valence-corrected chi connectivity index (χ4v) is 1.94. The highest BCUT2D eigenvalue weighted by molar-refractivity contribution is 5.42. The molecule has 106 valence electrons. The second-order valence-electron chi connectivity index (χ2n) is 5.96. The number of nitrogen functional groups attached to an aromatic ring is 1. The van der Waals surface area contributed by atoms with Crippen LogP contribution in [0.3, 0.4) is 0 Å². The van der Waals surface area contributed by atoms with E-state index in [0.717, 1.165) is 29.9 Å². The van der Waals surface area contributed by atoms with E-state index in [1.165, 1.54) is 6.07 Å². The van der Waals surface area contributed by atoms with Gasteiger partial charge in [0.05, 0.1) is 5.69 Å². The number of nitrogens with two attached hydrogens (primary N) is 1. The van der Waals surface area contributed by atoms with E-state index in [4.69, 9.17) is 5.73 Å². The Morgan fingerprint density at radius 1 is 1.15 bits per heavy atom. The third-order valence-corrected chi connectivity index (χ3v) is 3.17. The molecule has 0 spiro atoms. The van der Waals surface area contributed by atoms with Crippen LogP contribution < -0.4 is 5.73 Å². The summed E-state index contributed by atoms with van der Waals surface area (Å²) in [6, 6.07) is 6.76. The minimum Gasteiger partial charge on any atom is -0.396 e. The average Bonchev–Trinajstić information content (AvgIpc) is 2.39. The van der Waals surface area contributed by atoms with Gasteiger partial charge in [-0.25, -0.2) is 14.4 Å². The van der Waals surface area contributed by atoms with Crippen molar-refractivity contribution in [1.82, 2.24) is 9.97 Å². The summed E-state index contributed by atoms with van der Waals surface area (Å²) in [4.78, 5) is 8.87. The molecule has 2 rings (SSSR count). The van der Waals surface area contributed by atoms with Crippen LogP contribution in [0.25, 0.3) is 0 Å². The molecule has 0 fully saturated rings. The number of aryl methyl sites for hydroxylation is 2. The number of hydrogen-bond donors (Lipinski definition) is 1. The van der Waals surface area contributed by atoms with E-state index in [9.17, 15) is 4.39 Å². The maximum Gasteiger partial charge on any atom is 0.146 e. The zero-order chi connectivity index (χ0) is 14.8. The molecule has 1 heterocycles. The predicted molar refractivity (Wildman–Crippen MR) is 79.0 cm³/mol. The molecule has 2 N–H and O–H groups in total. The van der Waals surface area contributed by atoms with Gasteiger partial charge in [0.1, 0.15) is 11.6 Å². The summed E-state index contributed by atoms with van der Waals surface area (Å²) < 4.78 is 13.1. The summed E-state index contributed by atoms with van der Waals surface area (Å²) in [6.07, 6.45) is 3.26. The monoisotopic (exact) mass is 273 g/mol. The van der Waals surface area contributed by atoms with E-state index in [2.05, 4.69) is 30.7 Å². The lowest BCUT2D eigenvalue weighted by Gasteiger charge is -2.17. The van der Waals surface area contributed by atoms with Crippen LogP contribution in [0.4, 0.5) is 10.1 Å². The van der Waals surface area contributed by atoms with Crippen LogP contribution in [0.2, 0.25) is 0 Å². The Bertz CT molecular complexity index is 603. The Kier molecular flexibility index (Phi) is 4.02. The summed E-state index contributed by atoms with van der Waals surface area (Å²) in [5, 5.41) is 0. The minimum absolute atomic E-state index is 0.0119. The highest BCUT2D eigenvalue weighted by Crippen LogP contribution is 2.19. The van der Waals surface area contributed by atoms with Crippen molar-refractivity contribution in [3.8, 4) is 0 Å². The number of aromatic nitrogens is 2. The van der Waals surface area contributed by atoms with Crippen molar-refractivity contribution in [3.63, 3.8) is 0 Å². The van der Waals surface area contributed by atoms with Gasteiger partial charge in [-0.3, -0.25) is 0 Å². The molecule has 1 aromatic heterocycles. The first-order valence-corrected chi connectivity index (χ1v) is 6.72. The van der Waals surface area contributed by atoms with Crippen molar-refractivity contribution in [2.45, 2.75) is 39.0 Å². The molecule has 0 aliphatic heterocycles. The van der Waals surface area contributed by atoms with Gasteiger partial charge < -0.3 is 5.73 Å². The fraction of sp³-hybridized carbons (Fsp3) is 0.375. The van der Waals surface area contributed by atoms with Crippen molar-refractivity contribution in [1.29, 1.82) is 0 Å². The van der Waals surface area contributed by atoms with E-state index in [0.29, 0.717) is 0 Å². The lowest BCUT2D eigenvalue weighted by atomic mass is 9.92. The number of hydrogen-bond acceptors (Lipinski definition) is 3. The molecule has 0 unspecified atom stereocenters. The summed E-state index contributed by atoms with van der Waals surface area (Å²) in [5.41, 5.74) is 7.79. The maximum atomic E-state index is 13.1. The zero-order valence-electron chi connectivity index (χ0n) is 12.2. The van der Waals surface area contributed by atoms with Crippen molar-refractivity contribution in [2.75, 3.05) is 5.73 Å². The summed E-state index contributed by atoms with van der Waals surface area (Å²) in [6.45, 7) is 6.37. The van der Waals surface area contributed by atoms with Crippen molar-refractivity contribution in [2.24, 2.45) is 0 Å². The second kappa shape index (κ2) is 5.57. The molecule has 4 heteroatoms. The molecule has 0 saturated carbocycles. The molecule has 3 nitrogen and oxygen atoms in total. The van der Waals surface area contributed by atoms with Crippen molar-refractivity contribution in [3.05, 3.63) is 53.4 Å². The van der Waals surface area contributed by atoms with Gasteiger partial charge in [0.15, 0.2) is 0 Å². The van der Waals surface area contributed by atoms with Crippen molar-refractivity contribution < 1.29 is 4.39 Å². The molecule has 1 aromatic carbocycles. The van der Waals surface area contributed by atoms with Gasteiger partial charge in [0, 0.05) is 23.7 Å². The molecular formula is C16H20FN3. The highest BCUT2D eigenvalue weighted by atomic mass is 19.1. The van der Waals surface area contributed by atoms with Gasteiger partial charge in [-0.2, -0.15) is 0 Å². The standard InChI is InChI=1S/C16H20FN3/c1-16(2,3)14-8-9-19-15(20-14)7-5-11-4-6-12(17)13(18)10-11/h4,6,8-10H,5,7,18H2,1-3H3. The molecule has 0 saturated heterocycles. The van der Waals surface area contributed by atoms with Crippen LogP contribution in [0.15, 0.2) is 30.5 Å². The Morgan fingerprint density at radius 2 is 1.90 bits per heavy atom. The molecule has 0 atom stereocenters. The zero-order valence-corrected chi connectivity index (χ0v) is 12.2. The molecule has 0 radical (unpaired) electrons. The van der Waals surface area contributed by atoms with Gasteiger partial charge in [-0.05, 0) is 30.2 Å². The first-order valence-electron chi connectivity index (χ1n) is 6.72. The highest BCUT2D eigenvalue weighted by Gasteiger charge is 2.15. The maximum absolute atomic E-state index is 13.1. The molecule has 0 aliphatic carbocycles. The van der Waals surface area contributed by atoms with E-state index in [1.807, 2.05) is 6.07 Å². The van der Waals surface area contributed by atoms with Crippen LogP contribution in [0.1, 0.15) is 37.9 Å². The Hall–Kier alpha value is -1.97. The predicted octanol–water partition coefficient (Wildman–Crippen LogP) is 3.28. The molecule has 0 amide bonds. The Morgan fingerprint density at radius 3 is 2.55 bits per heavy atom. The Labute approximate surface area is 119 Å². The quantitative estimate of drug-likeness (QED) is 0.873. The SMILES string of the molecule is CC(C)(C)c1ccnc(CCc2ccc(F)c(N)c2)n1. The second-order valence-corrected chi connectivity index (χ2v) is 5.96. The summed E-state index contributed by atoms with van der Waals surface area (Å²) >= 11 is 0. The van der Waals surface area contributed by atoms with E-state index in [-0.39, 0.29) is 16.9 Å². The van der Waals surface area contributed by atoms with Gasteiger partial charge in [-0.15, -0.1) is 0 Å². The van der Waals surface area contributed by atoms with Crippen LogP contribution in [-0.2, 0) is 18.3 Å². The smallest absolute Gasteiger partial charge is 0.146 e. The van der Waals surface area contributed by atoms with Crippen LogP contribution >= 0.6 is 0 Å². The number of rotatable bonds is 3. The number of benzene rings is 1. The van der Waals surface area contributed by atoms with Crippen LogP contribution in [0.5, 0.6) is 0 Å². The van der Waals surface area contributed by atoms with Gasteiger partial charge in [0.2, 0.25) is 0 Å². The average molecular weight is 273 g/mol. The van der Waals surface area contributed by atoms with Crippen molar-refractivity contribution >= 4 is 5.69 Å². The van der Waals surface area contributed by atoms with Gasteiger partial charge >= 0.3 is 0 Å². The molecule has 0 aliphatic rings. The third kappa shape index (κ3) is 3.53. The first kappa shape index (κ1) is 14.4. The van der Waals surface area contributed by atoms with Crippen LogP contribution in [0, 0.1) is 5.82 Å². The Balaban J connectivity index is 2.09. The molecule has 20 heavy (non-hydrogen) atoms. The van der Waals surface area contributed by atoms with Gasteiger partial charge in [-0.1, -0.05) is 26.8 Å². The lowest BCUT2D eigenvalue weighted by molar-refractivity contribution is 0.561. The van der Waals surface area contributed by atoms with E-state index >= 15 is 0 Å². The van der Waals surface area contributed by atoms with E-state index < -0.39 is 0 Å². The van der Waals surface area contributed by atoms with Gasteiger partial charge in [0.25, 0.3) is 0 Å². The molecule has 2 aromatic rings. The largest absolute Gasteiger partial charge is 0.396 e. The third-order valence-electron chi connectivity index (χ3n) is 3.17. The van der Waals surface area contributed by atoms with E-state index in [1.54, 1.807) is 18.3 Å². The topological polar surface area (TPSA) is 51.8 Å². The fourth-order valence-electron chi connectivity index (χ4n) is 1.94. The summed E-state index contributed by atoms with van der Waals surface area (Å²) in [5.74, 6) is 0.431. The molecular weight excluding hydrogens is 253 g/mol. The number of nitrogens with zero attached hydrogens (tertiary/aromatic N) is 2. The number of halogens is 1. The normalized spacial score (nSPS) is 11.6. The lowest BCUT2D eigenvalue weighted by Crippen LogP contribution is -2.15. The first-order chi connectivity index (χ1) is 9.36. The number of anilines is 1.